The summed E-state index contributed by atoms with van der Waals surface area (Å²) in [5, 5.41) is 5.86. The minimum atomic E-state index is -0.230. The second-order valence-electron chi connectivity index (χ2n) is 8.53. The fourth-order valence-electron chi connectivity index (χ4n) is 4.40. The van der Waals surface area contributed by atoms with Crippen molar-refractivity contribution in [3.8, 4) is 11.5 Å². The number of rotatable bonds is 8. The first-order chi connectivity index (χ1) is 16.6. The number of hydrogen-bond acceptors (Lipinski definition) is 6. The van der Waals surface area contributed by atoms with Crippen LogP contribution in [-0.4, -0.2) is 82.9 Å². The van der Waals surface area contributed by atoms with Crippen molar-refractivity contribution in [2.75, 3.05) is 69.8 Å². The highest BCUT2D eigenvalue weighted by molar-refractivity contribution is 5.96. The molecule has 2 aromatic carbocycles. The maximum absolute atomic E-state index is 12.4. The highest BCUT2D eigenvalue weighted by Crippen LogP contribution is 2.24. The third-order valence-electron chi connectivity index (χ3n) is 6.37. The van der Waals surface area contributed by atoms with E-state index in [1.807, 2.05) is 36.4 Å². The zero-order chi connectivity index (χ0) is 23.9. The number of piperazine rings is 1. The number of nitrogens with one attached hydrogen (secondary N) is 2. The topological polar surface area (TPSA) is 86.4 Å². The molecule has 4 rings (SSSR count). The summed E-state index contributed by atoms with van der Waals surface area (Å²) in [6, 6.07) is 15.1. The van der Waals surface area contributed by atoms with Gasteiger partial charge in [0.2, 0.25) is 5.91 Å². The second-order valence-corrected chi connectivity index (χ2v) is 8.53. The molecule has 0 saturated carbocycles. The van der Waals surface area contributed by atoms with Crippen molar-refractivity contribution >= 4 is 23.3 Å². The molecule has 182 valence electrons. The first kappa shape index (κ1) is 23.7. The Bertz CT molecular complexity index is 958. The summed E-state index contributed by atoms with van der Waals surface area (Å²) >= 11 is 0. The molecule has 0 aliphatic carbocycles. The van der Waals surface area contributed by atoms with E-state index in [0.29, 0.717) is 19.5 Å². The van der Waals surface area contributed by atoms with Crippen LogP contribution in [0.2, 0.25) is 0 Å². The summed E-state index contributed by atoms with van der Waals surface area (Å²) in [6.07, 6.45) is 0.298. The van der Waals surface area contributed by atoms with Crippen LogP contribution in [0, 0.1) is 0 Å². The predicted molar refractivity (Wildman–Crippen MR) is 132 cm³/mol. The fraction of sp³-hybridized carbons (Fsp3) is 0.440. The Hall–Kier alpha value is -3.46. The van der Waals surface area contributed by atoms with Crippen molar-refractivity contribution in [3.05, 3.63) is 48.5 Å². The van der Waals surface area contributed by atoms with Crippen molar-refractivity contribution in [2.24, 2.45) is 0 Å². The van der Waals surface area contributed by atoms with E-state index in [4.69, 9.17) is 9.47 Å². The van der Waals surface area contributed by atoms with Crippen molar-refractivity contribution in [1.29, 1.82) is 0 Å². The first-order valence-corrected chi connectivity index (χ1v) is 11.7. The number of methoxy groups -OCH3 is 2. The molecule has 1 atom stereocenters. The standard InChI is InChI=1S/C25H33N5O4/c1-33-22-7-3-20(4-8-22)29-15-13-28(14-16-29)12-11-26-25(32)27-19-17-24(31)30(18-19)21-5-9-23(34-2)10-6-21/h3-10,19H,11-18H2,1-2H3,(H2,26,27,32)/t19-/m1/s1. The molecule has 34 heavy (non-hydrogen) atoms. The van der Waals surface area contributed by atoms with Crippen LogP contribution in [0.4, 0.5) is 16.2 Å². The Kier molecular flexibility index (Phi) is 7.74. The Balaban J connectivity index is 1.15. The maximum Gasteiger partial charge on any atom is 0.315 e. The third-order valence-corrected chi connectivity index (χ3v) is 6.37. The maximum atomic E-state index is 12.4. The molecular formula is C25H33N5O4. The van der Waals surface area contributed by atoms with E-state index in [9.17, 15) is 9.59 Å². The van der Waals surface area contributed by atoms with Gasteiger partial charge in [0, 0.05) is 63.6 Å². The number of carbonyl (C=O) groups is 2. The van der Waals surface area contributed by atoms with Gasteiger partial charge in [-0.05, 0) is 48.5 Å². The molecule has 0 radical (unpaired) electrons. The summed E-state index contributed by atoms with van der Waals surface area (Å²) in [6.45, 7) is 5.62. The normalized spacial score (nSPS) is 18.6. The largest absolute Gasteiger partial charge is 0.497 e. The molecule has 2 fully saturated rings. The zero-order valence-corrected chi connectivity index (χ0v) is 19.8. The number of amides is 3. The highest BCUT2D eigenvalue weighted by atomic mass is 16.5. The molecule has 0 unspecified atom stereocenters. The Morgan fingerprint density at radius 1 is 0.912 bits per heavy atom. The van der Waals surface area contributed by atoms with Gasteiger partial charge in [-0.2, -0.15) is 0 Å². The van der Waals surface area contributed by atoms with E-state index in [1.165, 1.54) is 5.69 Å². The Labute approximate surface area is 200 Å². The minimum absolute atomic E-state index is 0.00481. The van der Waals surface area contributed by atoms with Gasteiger partial charge in [-0.1, -0.05) is 0 Å². The number of carbonyl (C=O) groups excluding carboxylic acids is 2. The lowest BCUT2D eigenvalue weighted by Crippen LogP contribution is -2.50. The number of benzene rings is 2. The molecular weight excluding hydrogens is 434 g/mol. The molecule has 3 amide bonds. The van der Waals surface area contributed by atoms with Gasteiger partial charge in [0.15, 0.2) is 0 Å². The van der Waals surface area contributed by atoms with Crippen LogP contribution < -0.4 is 29.9 Å². The van der Waals surface area contributed by atoms with Gasteiger partial charge in [0.05, 0.1) is 20.3 Å². The SMILES string of the molecule is COc1ccc(N2CCN(CCNC(=O)N[C@@H]3CC(=O)N(c4ccc(OC)cc4)C3)CC2)cc1. The van der Waals surface area contributed by atoms with Gasteiger partial charge in [0.25, 0.3) is 0 Å². The van der Waals surface area contributed by atoms with Crippen molar-refractivity contribution in [1.82, 2.24) is 15.5 Å². The lowest BCUT2D eigenvalue weighted by molar-refractivity contribution is -0.117. The van der Waals surface area contributed by atoms with Crippen molar-refractivity contribution < 1.29 is 19.1 Å². The van der Waals surface area contributed by atoms with Crippen LogP contribution in [0.1, 0.15) is 6.42 Å². The molecule has 2 N–H and O–H groups in total. The third kappa shape index (κ3) is 5.91. The van der Waals surface area contributed by atoms with E-state index in [1.54, 1.807) is 19.1 Å². The van der Waals surface area contributed by atoms with Crippen LogP contribution in [0.15, 0.2) is 48.5 Å². The highest BCUT2D eigenvalue weighted by Gasteiger charge is 2.31. The Morgan fingerprint density at radius 2 is 1.50 bits per heavy atom. The van der Waals surface area contributed by atoms with Gasteiger partial charge >= 0.3 is 6.03 Å². The van der Waals surface area contributed by atoms with E-state index in [2.05, 4.69) is 32.6 Å². The molecule has 2 saturated heterocycles. The number of anilines is 2. The predicted octanol–water partition coefficient (Wildman–Crippen LogP) is 1.93. The lowest BCUT2D eigenvalue weighted by atomic mass is 10.2. The fourth-order valence-corrected chi connectivity index (χ4v) is 4.40. The summed E-state index contributed by atoms with van der Waals surface area (Å²) in [7, 11) is 3.28. The summed E-state index contributed by atoms with van der Waals surface area (Å²) < 4.78 is 10.4. The molecule has 9 nitrogen and oxygen atoms in total. The number of urea groups is 1. The molecule has 9 heteroatoms. The number of ether oxygens (including phenoxy) is 2. The van der Waals surface area contributed by atoms with Gasteiger partial charge in [0.1, 0.15) is 11.5 Å². The van der Waals surface area contributed by atoms with Crippen molar-refractivity contribution in [2.45, 2.75) is 12.5 Å². The number of hydrogen-bond donors (Lipinski definition) is 2. The Morgan fingerprint density at radius 3 is 2.09 bits per heavy atom. The molecule has 0 spiro atoms. The average Bonchev–Trinajstić information content (AvgIpc) is 3.24. The molecule has 0 bridgehead atoms. The summed E-state index contributed by atoms with van der Waals surface area (Å²) in [4.78, 5) is 31.2. The van der Waals surface area contributed by atoms with Crippen LogP contribution in [0.25, 0.3) is 0 Å². The van der Waals surface area contributed by atoms with Crippen LogP contribution >= 0.6 is 0 Å². The minimum Gasteiger partial charge on any atom is -0.497 e. The lowest BCUT2D eigenvalue weighted by Gasteiger charge is -2.36. The van der Waals surface area contributed by atoms with Crippen molar-refractivity contribution in [3.63, 3.8) is 0 Å². The van der Waals surface area contributed by atoms with Gasteiger partial charge in [-0.15, -0.1) is 0 Å². The van der Waals surface area contributed by atoms with Gasteiger partial charge in [-0.25, -0.2) is 4.79 Å². The molecule has 2 aliphatic heterocycles. The van der Waals surface area contributed by atoms with Crippen LogP contribution in [-0.2, 0) is 4.79 Å². The smallest absolute Gasteiger partial charge is 0.315 e. The van der Waals surface area contributed by atoms with E-state index in [-0.39, 0.29) is 18.0 Å². The van der Waals surface area contributed by atoms with E-state index >= 15 is 0 Å². The molecule has 2 aliphatic rings. The average molecular weight is 468 g/mol. The van der Waals surface area contributed by atoms with Gasteiger partial charge < -0.3 is 29.9 Å². The molecule has 2 heterocycles. The summed E-state index contributed by atoms with van der Waals surface area (Å²) in [5.41, 5.74) is 2.01. The summed E-state index contributed by atoms with van der Waals surface area (Å²) in [5.74, 6) is 1.61. The molecule has 0 aromatic heterocycles. The molecule has 2 aromatic rings. The quantitative estimate of drug-likeness (QED) is 0.617. The first-order valence-electron chi connectivity index (χ1n) is 11.7. The number of nitrogens with zero attached hydrogens (tertiary/aromatic N) is 3. The second kappa shape index (κ2) is 11.1. The van der Waals surface area contributed by atoms with E-state index in [0.717, 1.165) is 49.9 Å². The van der Waals surface area contributed by atoms with Crippen LogP contribution in [0.3, 0.4) is 0 Å². The van der Waals surface area contributed by atoms with E-state index < -0.39 is 0 Å². The van der Waals surface area contributed by atoms with Gasteiger partial charge in [-0.3, -0.25) is 9.69 Å². The zero-order valence-electron chi connectivity index (χ0n) is 19.8. The van der Waals surface area contributed by atoms with Crippen LogP contribution in [0.5, 0.6) is 11.5 Å². The monoisotopic (exact) mass is 467 g/mol.